The van der Waals surface area contributed by atoms with Crippen LogP contribution in [0.5, 0.6) is 0 Å². The van der Waals surface area contributed by atoms with Gasteiger partial charge in [-0.3, -0.25) is 4.79 Å². The number of hydrogen-bond donors (Lipinski definition) is 1. The van der Waals surface area contributed by atoms with Crippen molar-refractivity contribution in [1.82, 2.24) is 20.1 Å². The lowest BCUT2D eigenvalue weighted by Crippen LogP contribution is -2.28. The van der Waals surface area contributed by atoms with Crippen LogP contribution >= 0.6 is 11.8 Å². The maximum absolute atomic E-state index is 12.6. The van der Waals surface area contributed by atoms with Crippen molar-refractivity contribution in [1.29, 1.82) is 0 Å². The zero-order chi connectivity index (χ0) is 19.1. The van der Waals surface area contributed by atoms with Gasteiger partial charge in [0.25, 0.3) is 0 Å². The van der Waals surface area contributed by atoms with Crippen molar-refractivity contribution in [3.63, 3.8) is 0 Å². The number of amides is 1. The first kappa shape index (κ1) is 17.7. The van der Waals surface area contributed by atoms with E-state index in [0.29, 0.717) is 17.7 Å². The highest BCUT2D eigenvalue weighted by Crippen LogP contribution is 2.46. The Bertz CT molecular complexity index is 1020. The molecule has 1 atom stereocenters. The zero-order valence-corrected chi connectivity index (χ0v) is 16.8. The number of carbonyl (C=O) groups excluding carboxylic acids is 1. The molecule has 2 aliphatic rings. The molecule has 2 aromatic carbocycles. The van der Waals surface area contributed by atoms with Crippen molar-refractivity contribution >= 4 is 28.4 Å². The molecule has 28 heavy (non-hydrogen) atoms. The van der Waals surface area contributed by atoms with Crippen LogP contribution in [0.4, 0.5) is 0 Å². The van der Waals surface area contributed by atoms with Crippen LogP contribution in [-0.4, -0.2) is 26.4 Å². The molecule has 5 nitrogen and oxygen atoms in total. The third-order valence-electron chi connectivity index (χ3n) is 5.55. The van der Waals surface area contributed by atoms with E-state index in [4.69, 9.17) is 0 Å². The first-order valence-electron chi connectivity index (χ1n) is 10.1. The van der Waals surface area contributed by atoms with Gasteiger partial charge in [-0.2, -0.15) is 0 Å². The van der Waals surface area contributed by atoms with Gasteiger partial charge in [-0.25, -0.2) is 0 Å². The van der Waals surface area contributed by atoms with Gasteiger partial charge in [0.05, 0.1) is 11.8 Å². The van der Waals surface area contributed by atoms with Crippen LogP contribution in [0.15, 0.2) is 47.6 Å². The summed E-state index contributed by atoms with van der Waals surface area (Å²) in [5, 5.41) is 15.2. The van der Waals surface area contributed by atoms with Crippen LogP contribution in [0.1, 0.15) is 62.0 Å². The van der Waals surface area contributed by atoms with Crippen molar-refractivity contribution < 1.29 is 4.79 Å². The lowest BCUT2D eigenvalue weighted by molar-refractivity contribution is -0.119. The Morgan fingerprint density at radius 1 is 1.14 bits per heavy atom. The van der Waals surface area contributed by atoms with Crippen LogP contribution < -0.4 is 5.32 Å². The summed E-state index contributed by atoms with van der Waals surface area (Å²) in [5.74, 6) is 2.12. The van der Waals surface area contributed by atoms with Crippen LogP contribution in [-0.2, 0) is 4.79 Å². The second kappa shape index (κ2) is 7.24. The molecule has 0 aliphatic heterocycles. The highest BCUT2D eigenvalue weighted by molar-refractivity contribution is 7.99. The van der Waals surface area contributed by atoms with Crippen LogP contribution in [0, 0.1) is 0 Å². The van der Waals surface area contributed by atoms with Crippen molar-refractivity contribution in [2.24, 2.45) is 0 Å². The molecule has 0 radical (unpaired) electrons. The van der Waals surface area contributed by atoms with Gasteiger partial charge in [-0.1, -0.05) is 54.2 Å². The summed E-state index contributed by atoms with van der Waals surface area (Å²) in [6.45, 7) is 2.04. The lowest BCUT2D eigenvalue weighted by atomic mass is 10.00. The van der Waals surface area contributed by atoms with Gasteiger partial charge < -0.3 is 9.88 Å². The van der Waals surface area contributed by atoms with E-state index < -0.39 is 0 Å². The van der Waals surface area contributed by atoms with E-state index in [9.17, 15) is 4.79 Å². The smallest absolute Gasteiger partial charge is 0.230 e. The third-order valence-corrected chi connectivity index (χ3v) is 6.49. The standard InChI is InChI=1S/C22H24N4OS/c1-14(18-8-4-6-15-5-2-3-7-19(15)18)23-20(27)13-28-22-25-24-21(16-9-10-16)26(22)17-11-12-17/h2-8,14,16-17H,9-13H2,1H3,(H,23,27). The molecule has 6 heteroatoms. The summed E-state index contributed by atoms with van der Waals surface area (Å²) in [6.07, 6.45) is 4.85. The molecule has 5 rings (SSSR count). The molecule has 2 saturated carbocycles. The molecule has 1 N–H and O–H groups in total. The molecule has 3 aromatic rings. The Morgan fingerprint density at radius 2 is 1.93 bits per heavy atom. The van der Waals surface area contributed by atoms with Crippen molar-refractivity contribution in [3.05, 3.63) is 53.9 Å². The number of fused-ring (bicyclic) bond motifs is 1. The highest BCUT2D eigenvalue weighted by Gasteiger charge is 2.36. The summed E-state index contributed by atoms with van der Waals surface area (Å²) in [6, 6.07) is 15.0. The summed E-state index contributed by atoms with van der Waals surface area (Å²) in [4.78, 5) is 12.6. The van der Waals surface area contributed by atoms with Crippen molar-refractivity contribution in [2.75, 3.05) is 5.75 Å². The molecule has 0 bridgehead atoms. The Kier molecular flexibility index (Phi) is 4.59. The topological polar surface area (TPSA) is 59.8 Å². The molecule has 0 spiro atoms. The Labute approximate surface area is 168 Å². The maximum Gasteiger partial charge on any atom is 0.230 e. The largest absolute Gasteiger partial charge is 0.349 e. The number of hydrogen-bond acceptors (Lipinski definition) is 4. The molecule has 144 valence electrons. The van der Waals surface area contributed by atoms with Gasteiger partial charge in [0.15, 0.2) is 5.16 Å². The summed E-state index contributed by atoms with van der Waals surface area (Å²) < 4.78 is 2.30. The molecule has 1 heterocycles. The van der Waals surface area contributed by atoms with Gasteiger partial charge >= 0.3 is 0 Å². The zero-order valence-electron chi connectivity index (χ0n) is 16.0. The third kappa shape index (κ3) is 3.53. The summed E-state index contributed by atoms with van der Waals surface area (Å²) in [7, 11) is 0. The number of carbonyl (C=O) groups is 1. The van der Waals surface area contributed by atoms with Crippen molar-refractivity contribution in [2.45, 2.75) is 55.8 Å². The van der Waals surface area contributed by atoms with E-state index in [1.54, 1.807) is 0 Å². The number of aromatic nitrogens is 3. The van der Waals surface area contributed by atoms with Crippen LogP contribution in [0.25, 0.3) is 10.8 Å². The number of thioether (sulfide) groups is 1. The fraction of sp³-hybridized carbons (Fsp3) is 0.409. The van der Waals surface area contributed by atoms with E-state index in [1.807, 2.05) is 25.1 Å². The first-order valence-corrected chi connectivity index (χ1v) is 11.0. The molecule has 2 aliphatic carbocycles. The molecular weight excluding hydrogens is 368 g/mol. The quantitative estimate of drug-likeness (QED) is 0.596. The van der Waals surface area contributed by atoms with Gasteiger partial charge in [-0.05, 0) is 48.9 Å². The average molecular weight is 393 g/mol. The van der Waals surface area contributed by atoms with Gasteiger partial charge in [0, 0.05) is 12.0 Å². The number of nitrogens with one attached hydrogen (secondary N) is 1. The molecular formula is C22H24N4OS. The SMILES string of the molecule is CC(NC(=O)CSc1nnc(C2CC2)n1C1CC1)c1cccc2ccccc12. The minimum Gasteiger partial charge on any atom is -0.349 e. The Balaban J connectivity index is 1.25. The highest BCUT2D eigenvalue weighted by atomic mass is 32.2. The van der Waals surface area contributed by atoms with Crippen molar-refractivity contribution in [3.8, 4) is 0 Å². The second-order valence-electron chi connectivity index (χ2n) is 7.86. The normalized spacial score (nSPS) is 17.6. The minimum absolute atomic E-state index is 0.0313. The summed E-state index contributed by atoms with van der Waals surface area (Å²) in [5.41, 5.74) is 1.15. The molecule has 2 fully saturated rings. The van der Waals surface area contributed by atoms with Crippen LogP contribution in [0.2, 0.25) is 0 Å². The predicted octanol–water partition coefficient (Wildman–Crippen LogP) is 4.61. The Morgan fingerprint density at radius 3 is 2.71 bits per heavy atom. The van der Waals surface area contributed by atoms with E-state index in [2.05, 4.69) is 44.3 Å². The molecule has 1 unspecified atom stereocenters. The predicted molar refractivity (Wildman–Crippen MR) is 111 cm³/mol. The number of benzene rings is 2. The van der Waals surface area contributed by atoms with Crippen LogP contribution in [0.3, 0.4) is 0 Å². The molecule has 1 aromatic heterocycles. The van der Waals surface area contributed by atoms with E-state index in [-0.39, 0.29) is 11.9 Å². The minimum atomic E-state index is -0.0393. The molecule has 1 amide bonds. The fourth-order valence-corrected chi connectivity index (χ4v) is 4.63. The molecule has 0 saturated heterocycles. The average Bonchev–Trinajstić information content (AvgIpc) is 3.64. The monoisotopic (exact) mass is 392 g/mol. The Hall–Kier alpha value is -2.34. The first-order chi connectivity index (χ1) is 13.7. The maximum atomic E-state index is 12.6. The lowest BCUT2D eigenvalue weighted by Gasteiger charge is -2.16. The van der Waals surface area contributed by atoms with Gasteiger partial charge in [0.2, 0.25) is 5.91 Å². The summed E-state index contributed by atoms with van der Waals surface area (Å²) >= 11 is 1.51. The number of rotatable bonds is 7. The van der Waals surface area contributed by atoms with E-state index >= 15 is 0 Å². The fourth-order valence-electron chi connectivity index (χ4n) is 3.80. The van der Waals surface area contributed by atoms with Gasteiger partial charge in [0.1, 0.15) is 5.82 Å². The van der Waals surface area contributed by atoms with E-state index in [0.717, 1.165) is 16.5 Å². The van der Waals surface area contributed by atoms with E-state index in [1.165, 1.54) is 48.2 Å². The van der Waals surface area contributed by atoms with Gasteiger partial charge in [-0.15, -0.1) is 10.2 Å². The number of nitrogens with zero attached hydrogens (tertiary/aromatic N) is 3. The second-order valence-corrected chi connectivity index (χ2v) is 8.80.